The molecule has 1 aliphatic heterocycles. The van der Waals surface area contributed by atoms with Crippen LogP contribution in [0.5, 0.6) is 5.75 Å². The first-order chi connectivity index (χ1) is 12.1. The Hall–Kier alpha value is -1.10. The van der Waals surface area contributed by atoms with E-state index in [1.165, 1.54) is 37.7 Å². The predicted octanol–water partition coefficient (Wildman–Crippen LogP) is 3.21. The third-order valence-corrected chi connectivity index (χ3v) is 6.08. The van der Waals surface area contributed by atoms with Crippen molar-refractivity contribution >= 4 is 0 Å². The van der Waals surface area contributed by atoms with Crippen LogP contribution in [0.1, 0.15) is 55.2 Å². The van der Waals surface area contributed by atoms with Gasteiger partial charge in [-0.2, -0.15) is 0 Å². The van der Waals surface area contributed by atoms with E-state index in [4.69, 9.17) is 0 Å². The van der Waals surface area contributed by atoms with Gasteiger partial charge in [0.2, 0.25) is 0 Å². The number of aryl methyl sites for hydroxylation is 2. The van der Waals surface area contributed by atoms with Gasteiger partial charge in [0.25, 0.3) is 0 Å². The van der Waals surface area contributed by atoms with E-state index >= 15 is 0 Å². The SMILES string of the molecule is Cc1cc(CN2CCN(C3CCCCC3)C(CCO)C2)cc(C)c1O. The largest absolute Gasteiger partial charge is 0.507 e. The molecule has 25 heavy (non-hydrogen) atoms. The number of benzene rings is 1. The number of hydrogen-bond donors (Lipinski definition) is 2. The number of aromatic hydroxyl groups is 1. The van der Waals surface area contributed by atoms with Gasteiger partial charge in [-0.3, -0.25) is 9.80 Å². The number of phenols is 1. The molecule has 1 unspecified atom stereocenters. The highest BCUT2D eigenvalue weighted by Gasteiger charge is 2.32. The lowest BCUT2D eigenvalue weighted by atomic mass is 9.91. The molecule has 0 aromatic heterocycles. The van der Waals surface area contributed by atoms with Crippen molar-refractivity contribution < 1.29 is 10.2 Å². The number of nitrogens with zero attached hydrogens (tertiary/aromatic N) is 2. The van der Waals surface area contributed by atoms with E-state index < -0.39 is 0 Å². The average molecular weight is 347 g/mol. The number of aliphatic hydroxyl groups excluding tert-OH is 1. The van der Waals surface area contributed by atoms with Crippen molar-refractivity contribution in [3.8, 4) is 5.75 Å². The number of rotatable bonds is 5. The second-order valence-corrected chi connectivity index (χ2v) is 8.01. The summed E-state index contributed by atoms with van der Waals surface area (Å²) in [5, 5.41) is 19.5. The second-order valence-electron chi connectivity index (χ2n) is 8.01. The zero-order valence-electron chi connectivity index (χ0n) is 15.9. The molecule has 1 aromatic rings. The van der Waals surface area contributed by atoms with E-state index in [0.717, 1.165) is 49.8 Å². The maximum atomic E-state index is 9.98. The predicted molar refractivity (Wildman–Crippen MR) is 102 cm³/mol. The van der Waals surface area contributed by atoms with Crippen molar-refractivity contribution in [2.24, 2.45) is 0 Å². The molecule has 3 rings (SSSR count). The van der Waals surface area contributed by atoms with Crippen LogP contribution in [-0.2, 0) is 6.54 Å². The molecular formula is C21H34N2O2. The van der Waals surface area contributed by atoms with E-state index in [-0.39, 0.29) is 6.61 Å². The number of phenolic OH excluding ortho intramolecular Hbond substituents is 1. The molecule has 0 bridgehead atoms. The number of piperazine rings is 1. The quantitative estimate of drug-likeness (QED) is 0.859. The van der Waals surface area contributed by atoms with Gasteiger partial charge in [-0.1, -0.05) is 31.4 Å². The van der Waals surface area contributed by atoms with Gasteiger partial charge in [0.1, 0.15) is 5.75 Å². The zero-order chi connectivity index (χ0) is 17.8. The van der Waals surface area contributed by atoms with E-state index in [9.17, 15) is 10.2 Å². The standard InChI is InChI=1S/C21H34N2O2/c1-16-12-18(13-17(2)21(16)25)14-22-9-10-23(20(15-22)8-11-24)19-6-4-3-5-7-19/h12-13,19-20,24-25H,3-11,14-15H2,1-2H3. The molecule has 1 atom stereocenters. The third-order valence-electron chi connectivity index (χ3n) is 6.08. The summed E-state index contributed by atoms with van der Waals surface area (Å²) < 4.78 is 0. The topological polar surface area (TPSA) is 46.9 Å². The lowest BCUT2D eigenvalue weighted by Crippen LogP contribution is -2.56. The Morgan fingerprint density at radius 2 is 1.72 bits per heavy atom. The summed E-state index contributed by atoms with van der Waals surface area (Å²) in [6, 6.07) is 5.42. The third kappa shape index (κ3) is 4.55. The molecule has 140 valence electrons. The molecule has 1 aromatic carbocycles. The summed E-state index contributed by atoms with van der Waals surface area (Å²) in [5.74, 6) is 0.420. The molecule has 0 radical (unpaired) electrons. The maximum Gasteiger partial charge on any atom is 0.121 e. The van der Waals surface area contributed by atoms with Gasteiger partial charge in [0.15, 0.2) is 0 Å². The van der Waals surface area contributed by atoms with Crippen LogP contribution in [0, 0.1) is 13.8 Å². The molecule has 1 aliphatic carbocycles. The van der Waals surface area contributed by atoms with Crippen LogP contribution in [0.15, 0.2) is 12.1 Å². The molecular weight excluding hydrogens is 312 g/mol. The lowest BCUT2D eigenvalue weighted by Gasteiger charge is -2.46. The molecule has 2 N–H and O–H groups in total. The summed E-state index contributed by atoms with van der Waals surface area (Å²) in [4.78, 5) is 5.21. The van der Waals surface area contributed by atoms with E-state index in [2.05, 4.69) is 21.9 Å². The van der Waals surface area contributed by atoms with Crippen molar-refractivity contribution in [3.05, 3.63) is 28.8 Å². The summed E-state index contributed by atoms with van der Waals surface area (Å²) in [6.07, 6.45) is 7.66. The molecule has 1 saturated carbocycles. The fourth-order valence-electron chi connectivity index (χ4n) is 4.77. The lowest BCUT2D eigenvalue weighted by molar-refractivity contribution is 0.0136. The summed E-state index contributed by atoms with van der Waals surface area (Å²) in [5.41, 5.74) is 3.20. The van der Waals surface area contributed by atoms with Crippen molar-refractivity contribution in [3.63, 3.8) is 0 Å². The molecule has 2 aliphatic rings. The fourth-order valence-corrected chi connectivity index (χ4v) is 4.77. The Morgan fingerprint density at radius 1 is 1.04 bits per heavy atom. The maximum absolute atomic E-state index is 9.98. The number of aliphatic hydroxyl groups is 1. The summed E-state index contributed by atoms with van der Waals surface area (Å²) >= 11 is 0. The van der Waals surface area contributed by atoms with Crippen molar-refractivity contribution in [1.82, 2.24) is 9.80 Å². The first-order valence-electron chi connectivity index (χ1n) is 9.96. The highest BCUT2D eigenvalue weighted by Crippen LogP contribution is 2.28. The van der Waals surface area contributed by atoms with Gasteiger partial charge in [-0.15, -0.1) is 0 Å². The van der Waals surface area contributed by atoms with Gasteiger partial charge in [-0.25, -0.2) is 0 Å². The summed E-state index contributed by atoms with van der Waals surface area (Å²) in [6.45, 7) is 8.41. The van der Waals surface area contributed by atoms with Gasteiger partial charge < -0.3 is 10.2 Å². The van der Waals surface area contributed by atoms with Crippen LogP contribution >= 0.6 is 0 Å². The zero-order valence-corrected chi connectivity index (χ0v) is 15.9. The molecule has 1 saturated heterocycles. The highest BCUT2D eigenvalue weighted by atomic mass is 16.3. The molecule has 4 nitrogen and oxygen atoms in total. The van der Waals surface area contributed by atoms with E-state index in [1.807, 2.05) is 13.8 Å². The van der Waals surface area contributed by atoms with Gasteiger partial charge in [0, 0.05) is 44.9 Å². The fraction of sp³-hybridized carbons (Fsp3) is 0.714. The van der Waals surface area contributed by atoms with Crippen LogP contribution in [0.4, 0.5) is 0 Å². The minimum Gasteiger partial charge on any atom is -0.507 e. The van der Waals surface area contributed by atoms with Crippen LogP contribution in [0.2, 0.25) is 0 Å². The molecule has 1 heterocycles. The number of hydrogen-bond acceptors (Lipinski definition) is 4. The van der Waals surface area contributed by atoms with Crippen LogP contribution in [0.3, 0.4) is 0 Å². The van der Waals surface area contributed by atoms with Crippen LogP contribution < -0.4 is 0 Å². The van der Waals surface area contributed by atoms with E-state index in [1.54, 1.807) is 0 Å². The Balaban J connectivity index is 1.65. The first-order valence-corrected chi connectivity index (χ1v) is 9.96. The molecule has 0 amide bonds. The van der Waals surface area contributed by atoms with Crippen molar-refractivity contribution in [1.29, 1.82) is 0 Å². The monoisotopic (exact) mass is 346 g/mol. The van der Waals surface area contributed by atoms with Crippen molar-refractivity contribution in [2.45, 2.75) is 71.0 Å². The molecule has 2 fully saturated rings. The van der Waals surface area contributed by atoms with Gasteiger partial charge in [0.05, 0.1) is 0 Å². The van der Waals surface area contributed by atoms with Crippen LogP contribution in [0.25, 0.3) is 0 Å². The smallest absolute Gasteiger partial charge is 0.121 e. The molecule has 0 spiro atoms. The van der Waals surface area contributed by atoms with Crippen LogP contribution in [-0.4, -0.2) is 58.3 Å². The van der Waals surface area contributed by atoms with Gasteiger partial charge >= 0.3 is 0 Å². The Kier molecular flexibility index (Phi) is 6.37. The highest BCUT2D eigenvalue weighted by molar-refractivity contribution is 5.42. The summed E-state index contributed by atoms with van der Waals surface area (Å²) in [7, 11) is 0. The Labute approximate surface area is 152 Å². The first kappa shape index (κ1) is 18.7. The minimum absolute atomic E-state index is 0.277. The second kappa shape index (κ2) is 8.52. The Morgan fingerprint density at radius 3 is 2.36 bits per heavy atom. The van der Waals surface area contributed by atoms with E-state index in [0.29, 0.717) is 11.8 Å². The Bertz CT molecular complexity index is 546. The normalized spacial score (nSPS) is 23.9. The molecule has 4 heteroatoms. The van der Waals surface area contributed by atoms with Gasteiger partial charge in [-0.05, 0) is 49.8 Å². The minimum atomic E-state index is 0.277. The van der Waals surface area contributed by atoms with Crippen molar-refractivity contribution in [2.75, 3.05) is 26.2 Å². The average Bonchev–Trinajstić information content (AvgIpc) is 2.61.